The van der Waals surface area contributed by atoms with Crippen LogP contribution in [0.4, 0.5) is 8.78 Å². The van der Waals surface area contributed by atoms with Crippen LogP contribution in [0.5, 0.6) is 0 Å². The largest absolute Gasteiger partial charge is 0.370 e. The molecule has 1 aromatic carbocycles. The predicted molar refractivity (Wildman–Crippen MR) is 124 cm³/mol. The number of H-pyrrole nitrogens is 1. The molecule has 3 N–H and O–H groups in total. The summed E-state index contributed by atoms with van der Waals surface area (Å²) in [5.41, 5.74) is -0.332. The minimum absolute atomic E-state index is 0.0177. The van der Waals surface area contributed by atoms with Gasteiger partial charge in [0.05, 0.1) is 18.2 Å². The van der Waals surface area contributed by atoms with Crippen molar-refractivity contribution in [3.63, 3.8) is 0 Å². The van der Waals surface area contributed by atoms with Gasteiger partial charge in [-0.3, -0.25) is 19.2 Å². The lowest BCUT2D eigenvalue weighted by Crippen LogP contribution is -2.69. The van der Waals surface area contributed by atoms with Crippen molar-refractivity contribution in [3.8, 4) is 0 Å². The van der Waals surface area contributed by atoms with Gasteiger partial charge < -0.3 is 25.3 Å². The number of fused-ring (bicyclic) bond motifs is 1. The Morgan fingerprint density at radius 1 is 1.28 bits per heavy atom. The van der Waals surface area contributed by atoms with E-state index in [0.29, 0.717) is 31.3 Å². The van der Waals surface area contributed by atoms with Gasteiger partial charge in [0.25, 0.3) is 5.91 Å². The number of aromatic amines is 1. The van der Waals surface area contributed by atoms with Gasteiger partial charge in [-0.1, -0.05) is 6.07 Å². The summed E-state index contributed by atoms with van der Waals surface area (Å²) < 4.78 is 33.6. The Balaban J connectivity index is 1.42. The number of alkyl halides is 1. The average Bonchev–Trinajstić information content (AvgIpc) is 3.48. The zero-order valence-corrected chi connectivity index (χ0v) is 19.6. The van der Waals surface area contributed by atoms with Crippen LogP contribution in [-0.4, -0.2) is 77.4 Å². The minimum Gasteiger partial charge on any atom is -0.370 e. The van der Waals surface area contributed by atoms with Crippen molar-refractivity contribution in [1.29, 1.82) is 0 Å². The lowest BCUT2D eigenvalue weighted by atomic mass is 9.72. The van der Waals surface area contributed by atoms with Crippen molar-refractivity contribution in [3.05, 3.63) is 35.8 Å². The number of hydrogen-bond acceptors (Lipinski definition) is 5. The maximum absolute atomic E-state index is 14.2. The molecule has 1 aromatic heterocycles. The molecule has 3 aliphatic rings. The monoisotopic (exact) mass is 502 g/mol. The standard InChI is InChI=1S/C25H28F2N4O5/c26-13-20(32)18(11-14-5-8-28-22(14)33)30-23(34)21-25(6-2-7-25)36-10-9-31(21)24(35)19-12-15-16(27)3-1-4-17(15)29-19/h1,3-4,12,14,18,21,29H,2,5-11,13H2,(H,28,33)(H,30,34)/t14-,18+,21+/m0/s1. The molecule has 3 fully saturated rings. The Morgan fingerprint density at radius 2 is 2.08 bits per heavy atom. The smallest absolute Gasteiger partial charge is 0.271 e. The normalized spacial score (nSPS) is 23.8. The average molecular weight is 503 g/mol. The van der Waals surface area contributed by atoms with E-state index in [1.807, 2.05) is 0 Å². The van der Waals surface area contributed by atoms with Crippen molar-refractivity contribution < 1.29 is 32.7 Å². The van der Waals surface area contributed by atoms with Gasteiger partial charge >= 0.3 is 0 Å². The highest BCUT2D eigenvalue weighted by molar-refractivity contribution is 6.01. The number of nitrogens with zero attached hydrogens (tertiary/aromatic N) is 1. The molecule has 5 rings (SSSR count). The maximum Gasteiger partial charge on any atom is 0.271 e. The van der Waals surface area contributed by atoms with Gasteiger partial charge in [0.1, 0.15) is 24.2 Å². The molecule has 0 radical (unpaired) electrons. The van der Waals surface area contributed by atoms with Crippen LogP contribution >= 0.6 is 0 Å². The third-order valence-corrected chi connectivity index (χ3v) is 7.60. The fourth-order valence-electron chi connectivity index (χ4n) is 5.54. The van der Waals surface area contributed by atoms with E-state index in [1.165, 1.54) is 23.1 Å². The fraction of sp³-hybridized carbons (Fsp3) is 0.520. The van der Waals surface area contributed by atoms with Crippen LogP contribution in [0, 0.1) is 11.7 Å². The summed E-state index contributed by atoms with van der Waals surface area (Å²) in [6, 6.07) is 3.64. The third-order valence-electron chi connectivity index (χ3n) is 7.60. The first kappa shape index (κ1) is 24.4. The molecule has 3 heterocycles. The van der Waals surface area contributed by atoms with Crippen LogP contribution in [0.1, 0.15) is 42.6 Å². The summed E-state index contributed by atoms with van der Waals surface area (Å²) in [6.45, 7) is -0.488. The number of carbonyl (C=O) groups excluding carboxylic acids is 4. The number of ether oxygens (including phenoxy) is 1. The molecular weight excluding hydrogens is 474 g/mol. The van der Waals surface area contributed by atoms with Gasteiger partial charge in [0.15, 0.2) is 5.78 Å². The number of amides is 3. The summed E-state index contributed by atoms with van der Waals surface area (Å²) >= 11 is 0. The third kappa shape index (κ3) is 4.25. The molecule has 11 heteroatoms. The highest BCUT2D eigenvalue weighted by Crippen LogP contribution is 2.43. The summed E-state index contributed by atoms with van der Waals surface area (Å²) in [4.78, 5) is 55.9. The number of hydrogen-bond donors (Lipinski definition) is 3. The van der Waals surface area contributed by atoms with E-state index in [4.69, 9.17) is 4.74 Å². The van der Waals surface area contributed by atoms with E-state index < -0.39 is 53.7 Å². The summed E-state index contributed by atoms with van der Waals surface area (Å²) in [6.07, 6.45) is 2.36. The van der Waals surface area contributed by atoms with Crippen LogP contribution in [-0.2, 0) is 19.1 Å². The van der Waals surface area contributed by atoms with Crippen molar-refractivity contribution in [2.75, 3.05) is 26.4 Å². The van der Waals surface area contributed by atoms with Crippen molar-refractivity contribution in [2.45, 2.75) is 49.8 Å². The molecule has 0 bridgehead atoms. The number of nitrogens with one attached hydrogen (secondary N) is 3. The van der Waals surface area contributed by atoms with Crippen LogP contribution < -0.4 is 10.6 Å². The van der Waals surface area contributed by atoms with Gasteiger partial charge in [-0.15, -0.1) is 0 Å². The van der Waals surface area contributed by atoms with E-state index in [2.05, 4.69) is 15.6 Å². The number of halogens is 2. The number of carbonyl (C=O) groups is 4. The summed E-state index contributed by atoms with van der Waals surface area (Å²) in [7, 11) is 0. The minimum atomic E-state index is -1.28. The molecule has 36 heavy (non-hydrogen) atoms. The van der Waals surface area contributed by atoms with E-state index in [1.54, 1.807) is 6.07 Å². The molecule has 0 unspecified atom stereocenters. The molecule has 1 spiro atoms. The predicted octanol–water partition coefficient (Wildman–Crippen LogP) is 1.62. The molecule has 3 amide bonds. The Bertz CT molecular complexity index is 1210. The first-order valence-electron chi connectivity index (χ1n) is 12.2. The van der Waals surface area contributed by atoms with E-state index in [9.17, 15) is 28.0 Å². The van der Waals surface area contributed by atoms with Crippen molar-refractivity contribution in [1.82, 2.24) is 20.5 Å². The Morgan fingerprint density at radius 3 is 2.72 bits per heavy atom. The zero-order valence-electron chi connectivity index (χ0n) is 19.6. The highest BCUT2D eigenvalue weighted by Gasteiger charge is 2.55. The van der Waals surface area contributed by atoms with Gasteiger partial charge in [-0.2, -0.15) is 0 Å². The Hall–Kier alpha value is -3.34. The molecule has 1 aliphatic carbocycles. The van der Waals surface area contributed by atoms with Crippen LogP contribution in [0.2, 0.25) is 0 Å². The topological polar surface area (TPSA) is 121 Å². The SMILES string of the molecule is O=C1NCC[C@H]1C[C@@H](NC(=O)[C@H]1N(C(=O)c2cc3c(F)cccc3[nH]2)CCOC12CCC2)C(=O)CF. The lowest BCUT2D eigenvalue weighted by Gasteiger charge is -2.53. The van der Waals surface area contributed by atoms with E-state index in [0.717, 1.165) is 6.42 Å². The van der Waals surface area contributed by atoms with Gasteiger partial charge in [0.2, 0.25) is 11.8 Å². The number of Topliss-reactive ketones (excluding diaryl/α,β-unsaturated/α-hetero) is 1. The fourth-order valence-corrected chi connectivity index (χ4v) is 5.54. The van der Waals surface area contributed by atoms with Crippen molar-refractivity contribution in [2.24, 2.45) is 5.92 Å². The molecule has 192 valence electrons. The first-order valence-corrected chi connectivity index (χ1v) is 12.2. The second kappa shape index (κ2) is 9.61. The number of morpholine rings is 1. The van der Waals surface area contributed by atoms with Crippen LogP contribution in [0.15, 0.2) is 24.3 Å². The first-order chi connectivity index (χ1) is 17.3. The molecule has 3 atom stereocenters. The number of benzene rings is 1. The van der Waals surface area contributed by atoms with E-state index in [-0.39, 0.29) is 36.6 Å². The van der Waals surface area contributed by atoms with Gasteiger partial charge in [-0.25, -0.2) is 8.78 Å². The molecule has 9 nitrogen and oxygen atoms in total. The molecule has 2 saturated heterocycles. The van der Waals surface area contributed by atoms with Gasteiger partial charge in [-0.05, 0) is 50.3 Å². The van der Waals surface area contributed by atoms with Crippen LogP contribution in [0.3, 0.4) is 0 Å². The second-order valence-corrected chi connectivity index (χ2v) is 9.73. The number of aromatic nitrogens is 1. The Labute approximate surface area is 205 Å². The second-order valence-electron chi connectivity index (χ2n) is 9.73. The molecular formula is C25H28F2N4O5. The lowest BCUT2D eigenvalue weighted by molar-refractivity contribution is -0.184. The van der Waals surface area contributed by atoms with Crippen LogP contribution in [0.25, 0.3) is 10.9 Å². The summed E-state index contributed by atoms with van der Waals surface area (Å²) in [5, 5.41) is 5.56. The molecule has 2 aromatic rings. The quantitative estimate of drug-likeness (QED) is 0.532. The molecule has 1 saturated carbocycles. The number of rotatable bonds is 7. The Kier molecular flexibility index (Phi) is 6.50. The van der Waals surface area contributed by atoms with Crippen molar-refractivity contribution >= 4 is 34.4 Å². The van der Waals surface area contributed by atoms with Gasteiger partial charge in [0, 0.05) is 29.9 Å². The summed E-state index contributed by atoms with van der Waals surface area (Å²) in [5.74, 6) is -3.17. The number of ketones is 1. The zero-order chi connectivity index (χ0) is 25.4. The maximum atomic E-state index is 14.2. The highest BCUT2D eigenvalue weighted by atomic mass is 19.1. The van der Waals surface area contributed by atoms with E-state index >= 15 is 0 Å². The molecule has 2 aliphatic heterocycles.